The summed E-state index contributed by atoms with van der Waals surface area (Å²) in [5, 5.41) is 5.78. The van der Waals surface area contributed by atoms with Crippen molar-refractivity contribution in [3.05, 3.63) is 70.9 Å². The lowest BCUT2D eigenvalue weighted by Gasteiger charge is -2.30. The standard InChI is InChI=1S/C24H28N4OS/c1-18-9-12-28(13-10-18)16-20-7-5-19(6-8-20)15-26-23(29)14-21-17-30-24(27-21)22-4-2-3-11-25-22/h2-8,11,17-18H,9-10,12-16H2,1H3,(H,26,29). The van der Waals surface area contributed by atoms with Gasteiger partial charge in [0, 0.05) is 24.7 Å². The number of hydrogen-bond acceptors (Lipinski definition) is 5. The average molecular weight is 421 g/mol. The first kappa shape index (κ1) is 20.7. The summed E-state index contributed by atoms with van der Waals surface area (Å²) in [6.07, 6.45) is 4.63. The minimum absolute atomic E-state index is 0.0145. The summed E-state index contributed by atoms with van der Waals surface area (Å²) in [6.45, 7) is 6.28. The van der Waals surface area contributed by atoms with Crippen molar-refractivity contribution < 1.29 is 4.79 Å². The van der Waals surface area contributed by atoms with Gasteiger partial charge in [-0.25, -0.2) is 4.98 Å². The van der Waals surface area contributed by atoms with Crippen LogP contribution in [0.25, 0.3) is 10.7 Å². The van der Waals surface area contributed by atoms with Crippen LogP contribution in [0.2, 0.25) is 0 Å². The maximum Gasteiger partial charge on any atom is 0.226 e. The highest BCUT2D eigenvalue weighted by atomic mass is 32.1. The zero-order valence-corrected chi connectivity index (χ0v) is 18.2. The van der Waals surface area contributed by atoms with E-state index in [0.717, 1.165) is 34.4 Å². The van der Waals surface area contributed by atoms with Crippen molar-refractivity contribution in [2.75, 3.05) is 13.1 Å². The summed E-state index contributed by atoms with van der Waals surface area (Å²) < 4.78 is 0. The number of likely N-dealkylation sites (tertiary alicyclic amines) is 1. The lowest BCUT2D eigenvalue weighted by atomic mass is 9.99. The molecular weight excluding hydrogens is 392 g/mol. The van der Waals surface area contributed by atoms with Gasteiger partial charge >= 0.3 is 0 Å². The van der Waals surface area contributed by atoms with Crippen molar-refractivity contribution in [2.45, 2.75) is 39.3 Å². The number of nitrogens with zero attached hydrogens (tertiary/aromatic N) is 3. The highest BCUT2D eigenvalue weighted by Crippen LogP contribution is 2.21. The second-order valence-electron chi connectivity index (χ2n) is 8.09. The van der Waals surface area contributed by atoms with Crippen molar-refractivity contribution in [1.82, 2.24) is 20.2 Å². The molecule has 1 aliphatic rings. The number of amides is 1. The highest BCUT2D eigenvalue weighted by molar-refractivity contribution is 7.13. The summed E-state index contributed by atoms with van der Waals surface area (Å²) in [7, 11) is 0. The van der Waals surface area contributed by atoms with Crippen molar-refractivity contribution in [3.8, 4) is 10.7 Å². The molecule has 0 spiro atoms. The highest BCUT2D eigenvalue weighted by Gasteiger charge is 2.15. The van der Waals surface area contributed by atoms with E-state index in [1.165, 1.54) is 42.8 Å². The molecule has 156 valence electrons. The first-order valence-electron chi connectivity index (χ1n) is 10.6. The molecule has 4 rings (SSSR count). The van der Waals surface area contributed by atoms with Gasteiger partial charge in [-0.2, -0.15) is 0 Å². The lowest BCUT2D eigenvalue weighted by Crippen LogP contribution is -2.32. The van der Waals surface area contributed by atoms with Crippen LogP contribution in [0.1, 0.15) is 36.6 Å². The number of pyridine rings is 1. The third kappa shape index (κ3) is 5.74. The fourth-order valence-electron chi connectivity index (χ4n) is 3.66. The molecule has 1 aromatic carbocycles. The van der Waals surface area contributed by atoms with Gasteiger partial charge in [-0.15, -0.1) is 11.3 Å². The second-order valence-corrected chi connectivity index (χ2v) is 8.95. The quantitative estimate of drug-likeness (QED) is 0.619. The van der Waals surface area contributed by atoms with E-state index in [0.29, 0.717) is 6.54 Å². The molecule has 30 heavy (non-hydrogen) atoms. The Labute approximate surface area is 182 Å². The third-order valence-corrected chi connectivity index (χ3v) is 6.49. The van der Waals surface area contributed by atoms with E-state index in [1.54, 1.807) is 6.20 Å². The van der Waals surface area contributed by atoms with Gasteiger partial charge in [-0.05, 0) is 55.1 Å². The average Bonchev–Trinajstić information content (AvgIpc) is 3.24. The lowest BCUT2D eigenvalue weighted by molar-refractivity contribution is -0.120. The molecule has 1 saturated heterocycles. The first-order chi connectivity index (χ1) is 14.7. The van der Waals surface area contributed by atoms with Crippen LogP contribution in [0.3, 0.4) is 0 Å². The predicted molar refractivity (Wildman–Crippen MR) is 121 cm³/mol. The minimum atomic E-state index is -0.0145. The molecule has 5 nitrogen and oxygen atoms in total. The van der Waals surface area contributed by atoms with E-state index in [-0.39, 0.29) is 12.3 Å². The number of benzene rings is 1. The molecule has 0 bridgehead atoms. The first-order valence-corrected chi connectivity index (χ1v) is 11.5. The monoisotopic (exact) mass is 420 g/mol. The van der Waals surface area contributed by atoms with Gasteiger partial charge in [0.25, 0.3) is 0 Å². The van der Waals surface area contributed by atoms with Gasteiger partial charge in [-0.1, -0.05) is 37.3 Å². The summed E-state index contributed by atoms with van der Waals surface area (Å²) >= 11 is 1.52. The Hall–Kier alpha value is -2.57. The summed E-state index contributed by atoms with van der Waals surface area (Å²) in [4.78, 5) is 23.7. The SMILES string of the molecule is CC1CCN(Cc2ccc(CNC(=O)Cc3csc(-c4ccccn4)n3)cc2)CC1. The molecule has 0 aliphatic carbocycles. The molecule has 1 aliphatic heterocycles. The van der Waals surface area contributed by atoms with E-state index in [1.807, 2.05) is 23.6 Å². The number of carbonyl (C=O) groups is 1. The van der Waals surface area contributed by atoms with Crippen LogP contribution in [0, 0.1) is 5.92 Å². The van der Waals surface area contributed by atoms with E-state index >= 15 is 0 Å². The molecule has 3 aromatic rings. The predicted octanol–water partition coefficient (Wildman–Crippen LogP) is 4.30. The summed E-state index contributed by atoms with van der Waals surface area (Å²) in [6, 6.07) is 14.3. The molecule has 1 amide bonds. The zero-order chi connectivity index (χ0) is 20.8. The molecule has 0 saturated carbocycles. The Kier molecular flexibility index (Phi) is 6.87. The number of aromatic nitrogens is 2. The molecule has 3 heterocycles. The van der Waals surface area contributed by atoms with Crippen molar-refractivity contribution in [1.29, 1.82) is 0 Å². The second kappa shape index (κ2) is 9.96. The Balaban J connectivity index is 1.23. The molecular formula is C24H28N4OS. The smallest absolute Gasteiger partial charge is 0.226 e. The Morgan fingerprint density at radius 1 is 1.13 bits per heavy atom. The van der Waals surface area contributed by atoms with E-state index < -0.39 is 0 Å². The van der Waals surface area contributed by atoms with Crippen LogP contribution in [0.5, 0.6) is 0 Å². The van der Waals surface area contributed by atoms with Crippen molar-refractivity contribution in [2.24, 2.45) is 5.92 Å². The molecule has 1 N–H and O–H groups in total. The number of thiazole rings is 1. The summed E-state index contributed by atoms with van der Waals surface area (Å²) in [5.74, 6) is 0.845. The van der Waals surface area contributed by atoms with Gasteiger partial charge in [-0.3, -0.25) is 14.7 Å². The normalized spacial score (nSPS) is 15.2. The largest absolute Gasteiger partial charge is 0.352 e. The third-order valence-electron chi connectivity index (χ3n) is 5.57. The number of carbonyl (C=O) groups excluding carboxylic acids is 1. The van der Waals surface area contributed by atoms with Gasteiger partial charge in [0.05, 0.1) is 17.8 Å². The number of hydrogen-bond donors (Lipinski definition) is 1. The molecule has 0 radical (unpaired) electrons. The number of piperidine rings is 1. The Morgan fingerprint density at radius 2 is 1.90 bits per heavy atom. The van der Waals surface area contributed by atoms with Crippen molar-refractivity contribution >= 4 is 17.2 Å². The Bertz CT molecular complexity index is 947. The van der Waals surface area contributed by atoms with Crippen LogP contribution in [0.15, 0.2) is 54.0 Å². The maximum atomic E-state index is 12.3. The fourth-order valence-corrected chi connectivity index (χ4v) is 4.46. The van der Waals surface area contributed by atoms with Crippen LogP contribution in [0.4, 0.5) is 0 Å². The molecule has 0 unspecified atom stereocenters. The molecule has 0 atom stereocenters. The summed E-state index contributed by atoms with van der Waals surface area (Å²) in [5.41, 5.74) is 4.08. The van der Waals surface area contributed by atoms with Gasteiger partial charge in [0.2, 0.25) is 5.91 Å². The zero-order valence-electron chi connectivity index (χ0n) is 17.4. The van der Waals surface area contributed by atoms with Gasteiger partial charge in [0.15, 0.2) is 0 Å². The van der Waals surface area contributed by atoms with E-state index in [2.05, 4.69) is 51.4 Å². The van der Waals surface area contributed by atoms with Crippen LogP contribution in [-0.4, -0.2) is 33.9 Å². The number of nitrogens with one attached hydrogen (secondary N) is 1. The topological polar surface area (TPSA) is 58.1 Å². The van der Waals surface area contributed by atoms with E-state index in [9.17, 15) is 4.79 Å². The van der Waals surface area contributed by atoms with Crippen LogP contribution in [-0.2, 0) is 24.3 Å². The maximum absolute atomic E-state index is 12.3. The van der Waals surface area contributed by atoms with Gasteiger partial charge < -0.3 is 5.32 Å². The molecule has 6 heteroatoms. The Morgan fingerprint density at radius 3 is 2.63 bits per heavy atom. The number of rotatable bonds is 7. The minimum Gasteiger partial charge on any atom is -0.352 e. The van der Waals surface area contributed by atoms with Crippen LogP contribution >= 0.6 is 11.3 Å². The molecule has 1 fully saturated rings. The fraction of sp³-hybridized carbons (Fsp3) is 0.375. The van der Waals surface area contributed by atoms with E-state index in [4.69, 9.17) is 0 Å². The molecule has 2 aromatic heterocycles. The van der Waals surface area contributed by atoms with Crippen molar-refractivity contribution in [3.63, 3.8) is 0 Å². The van der Waals surface area contributed by atoms with Crippen LogP contribution < -0.4 is 5.32 Å². The van der Waals surface area contributed by atoms with Gasteiger partial charge in [0.1, 0.15) is 5.01 Å².